The molecule has 0 atom stereocenters. The van der Waals surface area contributed by atoms with E-state index >= 15 is 0 Å². The number of thiazole rings is 1. The molecule has 0 unspecified atom stereocenters. The summed E-state index contributed by atoms with van der Waals surface area (Å²) in [7, 11) is 0. The van der Waals surface area contributed by atoms with Crippen LogP contribution in [0, 0.1) is 22.7 Å². The first kappa shape index (κ1) is 19.1. The molecule has 0 saturated carbocycles. The largest absolute Gasteiger partial charge is 0.457 e. The molecule has 2 aromatic heterocycles. The summed E-state index contributed by atoms with van der Waals surface area (Å²) >= 11 is 1.45. The second-order valence-electron chi connectivity index (χ2n) is 6.17. The van der Waals surface area contributed by atoms with Crippen molar-refractivity contribution in [3.8, 4) is 23.5 Å². The van der Waals surface area contributed by atoms with Crippen LogP contribution >= 0.6 is 11.3 Å². The maximum absolute atomic E-state index is 11.8. The summed E-state index contributed by atoms with van der Waals surface area (Å²) < 4.78 is 11.6. The van der Waals surface area contributed by atoms with Gasteiger partial charge in [0.15, 0.2) is 6.61 Å². The normalized spacial score (nSPS) is 11.1. The Morgan fingerprint density at radius 1 is 1.10 bits per heavy atom. The number of furan rings is 1. The fourth-order valence-corrected chi connectivity index (χ4v) is 3.74. The van der Waals surface area contributed by atoms with Gasteiger partial charge in [0.2, 0.25) is 0 Å². The third-order valence-electron chi connectivity index (χ3n) is 4.23. The summed E-state index contributed by atoms with van der Waals surface area (Å²) in [5.74, 6) is 0.568. The Labute approximate surface area is 175 Å². The molecule has 0 bridgehead atoms. The molecule has 0 aliphatic rings. The molecule has 4 aromatic rings. The van der Waals surface area contributed by atoms with Gasteiger partial charge in [-0.15, -0.1) is 11.3 Å². The van der Waals surface area contributed by atoms with Gasteiger partial charge < -0.3 is 9.15 Å². The maximum Gasteiger partial charge on any atom is 0.339 e. The van der Waals surface area contributed by atoms with Crippen molar-refractivity contribution >= 4 is 39.2 Å². The van der Waals surface area contributed by atoms with Crippen LogP contribution in [-0.2, 0) is 4.74 Å². The summed E-state index contributed by atoms with van der Waals surface area (Å²) in [6, 6.07) is 21.9. The van der Waals surface area contributed by atoms with Crippen molar-refractivity contribution in [2.45, 2.75) is 0 Å². The second-order valence-corrected chi connectivity index (χ2v) is 7.20. The van der Waals surface area contributed by atoms with E-state index in [4.69, 9.17) is 14.4 Å². The monoisotopic (exact) mass is 411 g/mol. The van der Waals surface area contributed by atoms with E-state index in [2.05, 4.69) is 11.1 Å². The van der Waals surface area contributed by atoms with Gasteiger partial charge in [0.05, 0.1) is 21.4 Å². The van der Waals surface area contributed by atoms with Gasteiger partial charge in [0.25, 0.3) is 0 Å². The highest BCUT2D eigenvalue weighted by molar-refractivity contribution is 7.19. The number of benzene rings is 2. The summed E-state index contributed by atoms with van der Waals surface area (Å²) in [6.45, 7) is -0.287. The predicted octanol–water partition coefficient (Wildman–Crippen LogP) is 5.30. The van der Waals surface area contributed by atoms with E-state index in [9.17, 15) is 10.1 Å². The molecule has 0 aliphatic heterocycles. The van der Waals surface area contributed by atoms with Crippen molar-refractivity contribution in [1.29, 1.82) is 10.5 Å². The van der Waals surface area contributed by atoms with E-state index in [1.807, 2.05) is 24.3 Å². The topological polar surface area (TPSA) is 99.9 Å². The smallest absolute Gasteiger partial charge is 0.339 e. The Kier molecular flexibility index (Phi) is 5.38. The Morgan fingerprint density at radius 2 is 1.90 bits per heavy atom. The Hall–Kier alpha value is -4.20. The molecule has 0 spiro atoms. The lowest BCUT2D eigenvalue weighted by atomic mass is 10.1. The molecule has 144 valence electrons. The molecule has 6 nitrogen and oxygen atoms in total. The third kappa shape index (κ3) is 3.97. The van der Waals surface area contributed by atoms with Gasteiger partial charge in [-0.2, -0.15) is 10.5 Å². The first-order chi connectivity index (χ1) is 14.7. The van der Waals surface area contributed by atoms with Gasteiger partial charge in [0, 0.05) is 11.6 Å². The minimum Gasteiger partial charge on any atom is -0.457 e. The van der Waals surface area contributed by atoms with Crippen LogP contribution in [0.15, 0.2) is 65.1 Å². The van der Waals surface area contributed by atoms with Gasteiger partial charge in [-0.25, -0.2) is 9.78 Å². The number of para-hydroxylation sites is 1. The minimum absolute atomic E-state index is 0.287. The average Bonchev–Trinajstić information content (AvgIpc) is 3.42. The van der Waals surface area contributed by atoms with Gasteiger partial charge in [-0.3, -0.25) is 0 Å². The standard InChI is InChI=1S/C23H13N3O3S/c24-11-12-28-23(27)16-7-5-15(6-8-16)20-10-9-18(29-20)13-17(14-25)22-26-19-3-1-2-4-21(19)30-22/h1-10,13H,12H2/b17-13-. The predicted molar refractivity (Wildman–Crippen MR) is 113 cm³/mol. The van der Waals surface area contributed by atoms with Crippen LogP contribution in [0.3, 0.4) is 0 Å². The van der Waals surface area contributed by atoms with Crippen LogP contribution in [-0.4, -0.2) is 17.6 Å². The molecule has 0 aliphatic carbocycles. The molecule has 4 rings (SSSR count). The molecule has 2 aromatic carbocycles. The van der Waals surface area contributed by atoms with E-state index in [0.717, 1.165) is 15.8 Å². The molecule has 0 fully saturated rings. The number of nitriles is 2. The van der Waals surface area contributed by atoms with Crippen LogP contribution in [0.1, 0.15) is 21.1 Å². The first-order valence-corrected chi connectivity index (χ1v) is 9.71. The van der Waals surface area contributed by atoms with Crippen molar-refractivity contribution < 1.29 is 13.9 Å². The molecule has 2 heterocycles. The Bertz CT molecular complexity index is 1300. The quantitative estimate of drug-likeness (QED) is 0.326. The number of rotatable bonds is 5. The van der Waals surface area contributed by atoms with E-state index in [-0.39, 0.29) is 6.61 Å². The number of aromatic nitrogens is 1. The van der Waals surface area contributed by atoms with E-state index in [1.54, 1.807) is 48.5 Å². The molecule has 7 heteroatoms. The molecule has 30 heavy (non-hydrogen) atoms. The summed E-state index contributed by atoms with van der Waals surface area (Å²) in [4.78, 5) is 16.3. The first-order valence-electron chi connectivity index (χ1n) is 8.90. The second kappa shape index (κ2) is 8.44. The maximum atomic E-state index is 11.8. The fourth-order valence-electron chi connectivity index (χ4n) is 2.81. The highest BCUT2D eigenvalue weighted by Gasteiger charge is 2.12. The Morgan fingerprint density at radius 3 is 2.63 bits per heavy atom. The van der Waals surface area contributed by atoms with Crippen LogP contribution in [0.5, 0.6) is 0 Å². The number of esters is 1. The summed E-state index contributed by atoms with van der Waals surface area (Å²) in [5.41, 5.74) is 2.40. The van der Waals surface area contributed by atoms with E-state index < -0.39 is 5.97 Å². The molecule has 0 amide bonds. The minimum atomic E-state index is -0.555. The average molecular weight is 411 g/mol. The van der Waals surface area contributed by atoms with Crippen molar-refractivity contribution in [3.05, 3.63) is 77.0 Å². The molecule has 0 saturated heterocycles. The Balaban J connectivity index is 1.56. The number of hydrogen-bond acceptors (Lipinski definition) is 7. The highest BCUT2D eigenvalue weighted by Crippen LogP contribution is 2.29. The highest BCUT2D eigenvalue weighted by atomic mass is 32.1. The van der Waals surface area contributed by atoms with E-state index in [1.165, 1.54) is 11.3 Å². The fraction of sp³-hybridized carbons (Fsp3) is 0.0435. The summed E-state index contributed by atoms with van der Waals surface area (Å²) in [5, 5.41) is 18.7. The van der Waals surface area contributed by atoms with Gasteiger partial charge in [0.1, 0.15) is 28.7 Å². The molecular weight excluding hydrogens is 398 g/mol. The van der Waals surface area contributed by atoms with Crippen LogP contribution in [0.25, 0.3) is 33.2 Å². The summed E-state index contributed by atoms with van der Waals surface area (Å²) in [6.07, 6.45) is 1.66. The zero-order valence-electron chi connectivity index (χ0n) is 15.5. The molecule has 0 radical (unpaired) electrons. The van der Waals surface area contributed by atoms with Crippen LogP contribution < -0.4 is 0 Å². The zero-order valence-corrected chi connectivity index (χ0v) is 16.3. The number of fused-ring (bicyclic) bond motifs is 1. The van der Waals surface area contributed by atoms with Crippen molar-refractivity contribution in [3.63, 3.8) is 0 Å². The van der Waals surface area contributed by atoms with Gasteiger partial charge in [-0.05, 0) is 36.4 Å². The number of carbonyl (C=O) groups is 1. The number of carbonyl (C=O) groups excluding carboxylic acids is 1. The van der Waals surface area contributed by atoms with Gasteiger partial charge >= 0.3 is 5.97 Å². The number of nitrogens with zero attached hydrogens (tertiary/aromatic N) is 3. The van der Waals surface area contributed by atoms with E-state index in [0.29, 0.717) is 27.7 Å². The van der Waals surface area contributed by atoms with Crippen molar-refractivity contribution in [1.82, 2.24) is 4.98 Å². The molecule has 0 N–H and O–H groups in total. The van der Waals surface area contributed by atoms with Gasteiger partial charge in [-0.1, -0.05) is 24.3 Å². The van der Waals surface area contributed by atoms with Crippen molar-refractivity contribution in [2.75, 3.05) is 6.61 Å². The molecular formula is C23H13N3O3S. The lowest BCUT2D eigenvalue weighted by Crippen LogP contribution is -2.04. The number of hydrogen-bond donors (Lipinski definition) is 0. The SMILES string of the molecule is N#CCOC(=O)c1ccc(-c2ccc(/C=C(/C#N)c3nc4ccccc4s3)o2)cc1. The number of allylic oxidation sites excluding steroid dienone is 1. The van der Waals surface area contributed by atoms with Crippen molar-refractivity contribution in [2.24, 2.45) is 0 Å². The number of ether oxygens (including phenoxy) is 1. The lowest BCUT2D eigenvalue weighted by Gasteiger charge is -2.01. The van der Waals surface area contributed by atoms with Crippen LogP contribution in [0.4, 0.5) is 0 Å². The lowest BCUT2D eigenvalue weighted by molar-refractivity contribution is 0.0555. The van der Waals surface area contributed by atoms with Crippen LogP contribution in [0.2, 0.25) is 0 Å². The zero-order chi connectivity index (χ0) is 20.9. The third-order valence-corrected chi connectivity index (χ3v) is 5.30.